The number of H-pyrrole nitrogens is 1. The molecule has 0 bridgehead atoms. The van der Waals surface area contributed by atoms with Crippen LogP contribution in [-0.2, 0) is 22.4 Å². The minimum Gasteiger partial charge on any atom is -0.506 e. The van der Waals surface area contributed by atoms with Crippen LogP contribution in [0.15, 0.2) is 42.6 Å². The van der Waals surface area contributed by atoms with E-state index in [1.54, 1.807) is 56.5 Å². The fraction of sp³-hybridized carbons (Fsp3) is 0.360. The number of fused-ring (bicyclic) bond motifs is 1. The molecule has 36 heavy (non-hydrogen) atoms. The molecule has 3 N–H and O–H groups in total. The fourth-order valence-electron chi connectivity index (χ4n) is 3.48. The van der Waals surface area contributed by atoms with Crippen LogP contribution in [0.3, 0.4) is 0 Å². The number of halogens is 1. The van der Waals surface area contributed by atoms with Crippen LogP contribution < -0.4 is 0 Å². The minimum atomic E-state index is -0.520. The maximum Gasteiger partial charge on any atom is 0.279 e. The average molecular weight is 521 g/mol. The number of aliphatic hydroxyl groups excluding tert-OH is 1. The Bertz CT molecular complexity index is 1160. The van der Waals surface area contributed by atoms with Crippen LogP contribution in [0.2, 0.25) is 5.02 Å². The zero-order valence-electron chi connectivity index (χ0n) is 21.1. The number of rotatable bonds is 8. The van der Waals surface area contributed by atoms with E-state index in [1.807, 2.05) is 13.0 Å². The number of aryl methyl sites for hydroxylation is 1. The summed E-state index contributed by atoms with van der Waals surface area (Å²) in [6, 6.07) is 9.60. The fourth-order valence-corrected chi connectivity index (χ4v) is 3.60. The largest absolute Gasteiger partial charge is 0.506 e. The summed E-state index contributed by atoms with van der Waals surface area (Å²) in [5.41, 5.74) is 2.46. The third kappa shape index (κ3) is 8.04. The number of carbonyl (C=O) groups is 2. The lowest BCUT2D eigenvalue weighted by Crippen LogP contribution is -2.46. The van der Waals surface area contributed by atoms with Crippen molar-refractivity contribution in [2.45, 2.75) is 25.8 Å². The molecule has 0 saturated carbocycles. The van der Waals surface area contributed by atoms with E-state index in [1.165, 1.54) is 11.0 Å². The van der Waals surface area contributed by atoms with Gasteiger partial charge in [-0.1, -0.05) is 30.7 Å². The summed E-state index contributed by atoms with van der Waals surface area (Å²) in [7, 11) is 6.09. The smallest absolute Gasteiger partial charge is 0.279 e. The zero-order chi connectivity index (χ0) is 27.4. The number of hydrogen-bond acceptors (Lipinski definition) is 7. The van der Waals surface area contributed by atoms with Crippen LogP contribution in [0, 0.1) is 10.1 Å². The van der Waals surface area contributed by atoms with E-state index in [0.29, 0.717) is 34.2 Å². The number of nitro groups is 1. The lowest BCUT2D eigenvalue weighted by atomic mass is 10.0. The third-order valence-electron chi connectivity index (χ3n) is 5.43. The van der Waals surface area contributed by atoms with Crippen molar-refractivity contribution >= 4 is 40.4 Å². The highest BCUT2D eigenvalue weighted by Gasteiger charge is 2.27. The van der Waals surface area contributed by atoms with Gasteiger partial charge in [-0.2, -0.15) is 0 Å². The van der Waals surface area contributed by atoms with Crippen LogP contribution in [-0.4, -0.2) is 83.0 Å². The van der Waals surface area contributed by atoms with Gasteiger partial charge in [-0.15, -0.1) is 0 Å². The number of phenolic OH excluding ortho intramolecular Hbond substituents is 1. The molecule has 0 spiro atoms. The number of benzene rings is 2. The van der Waals surface area contributed by atoms with Gasteiger partial charge in [0.05, 0.1) is 33.4 Å². The van der Waals surface area contributed by atoms with Crippen molar-refractivity contribution in [3.63, 3.8) is 0 Å². The van der Waals surface area contributed by atoms with E-state index in [0.717, 1.165) is 19.1 Å². The highest BCUT2D eigenvalue weighted by Crippen LogP contribution is 2.29. The van der Waals surface area contributed by atoms with E-state index < -0.39 is 11.0 Å². The second-order valence-corrected chi connectivity index (χ2v) is 8.39. The number of nitrogens with one attached hydrogen (secondary N) is 1. The molecule has 1 amide bonds. The van der Waals surface area contributed by atoms with E-state index >= 15 is 0 Å². The summed E-state index contributed by atoms with van der Waals surface area (Å²) in [5.74, 6) is -0.0407. The first kappa shape index (κ1) is 30.6. The average Bonchev–Trinajstić information content (AvgIpc) is 3.28. The molecule has 0 fully saturated rings. The number of aromatic nitrogens is 1. The Labute approximate surface area is 215 Å². The van der Waals surface area contributed by atoms with Crippen molar-refractivity contribution in [1.29, 1.82) is 0 Å². The Morgan fingerprint density at radius 2 is 1.89 bits per heavy atom. The molecule has 10 nitrogen and oxygen atoms in total. The number of nitro benzene ring substituents is 1. The molecule has 11 heteroatoms. The second kappa shape index (κ2) is 14.8. The number of carbonyl (C=O) groups excluding carboxylic acids is 2. The number of aromatic amines is 1. The van der Waals surface area contributed by atoms with Crippen molar-refractivity contribution in [3.05, 3.63) is 68.9 Å². The van der Waals surface area contributed by atoms with Gasteiger partial charge < -0.3 is 24.9 Å². The topological polar surface area (TPSA) is 140 Å². The Balaban J connectivity index is 0.000000450. The van der Waals surface area contributed by atoms with Crippen molar-refractivity contribution in [1.82, 2.24) is 14.8 Å². The van der Waals surface area contributed by atoms with Crippen molar-refractivity contribution in [2.75, 3.05) is 34.8 Å². The maximum absolute atomic E-state index is 12.5. The number of aliphatic hydroxyl groups is 1. The molecule has 0 aliphatic heterocycles. The first-order chi connectivity index (χ1) is 17.1. The molecule has 1 unspecified atom stereocenters. The number of aromatic hydroxyl groups is 1. The molecule has 1 heterocycles. The molecular formula is C25H33ClN4O6. The Kier molecular flexibility index (Phi) is 12.6. The highest BCUT2D eigenvalue weighted by atomic mass is 35.5. The monoisotopic (exact) mass is 520 g/mol. The van der Waals surface area contributed by atoms with Crippen LogP contribution >= 0.6 is 11.6 Å². The van der Waals surface area contributed by atoms with Gasteiger partial charge in [0.15, 0.2) is 0 Å². The summed E-state index contributed by atoms with van der Waals surface area (Å²) in [4.78, 5) is 40.1. The van der Waals surface area contributed by atoms with Crippen LogP contribution in [0.4, 0.5) is 5.69 Å². The molecule has 0 aliphatic rings. The molecule has 3 rings (SSSR count). The van der Waals surface area contributed by atoms with E-state index in [4.69, 9.17) is 21.8 Å². The number of aldehydes is 1. The Morgan fingerprint density at radius 3 is 2.42 bits per heavy atom. The molecule has 0 radical (unpaired) electrons. The summed E-state index contributed by atoms with van der Waals surface area (Å²) < 4.78 is 0. The lowest BCUT2D eigenvalue weighted by Gasteiger charge is -2.27. The van der Waals surface area contributed by atoms with Gasteiger partial charge in [-0.3, -0.25) is 19.8 Å². The molecule has 1 aromatic heterocycles. The Morgan fingerprint density at radius 1 is 1.22 bits per heavy atom. The number of amides is 1. The molecule has 0 aliphatic carbocycles. The predicted octanol–water partition coefficient (Wildman–Crippen LogP) is 3.42. The number of hydrogen-bond donors (Lipinski definition) is 3. The first-order valence-corrected chi connectivity index (χ1v) is 11.5. The third-order valence-corrected chi connectivity index (χ3v) is 5.75. The van der Waals surface area contributed by atoms with Gasteiger partial charge in [-0.05, 0) is 56.3 Å². The predicted molar refractivity (Wildman–Crippen MR) is 140 cm³/mol. The zero-order valence-corrected chi connectivity index (χ0v) is 21.8. The molecule has 0 saturated heterocycles. The quantitative estimate of drug-likeness (QED) is 0.235. The maximum atomic E-state index is 12.5. The summed E-state index contributed by atoms with van der Waals surface area (Å²) in [5, 5.41) is 28.3. The van der Waals surface area contributed by atoms with Crippen molar-refractivity contribution < 1.29 is 24.7 Å². The summed E-state index contributed by atoms with van der Waals surface area (Å²) in [6.45, 7) is 2.04. The molecule has 196 valence electrons. The molecule has 2 aromatic carbocycles. The van der Waals surface area contributed by atoms with Gasteiger partial charge in [0, 0.05) is 26.4 Å². The van der Waals surface area contributed by atoms with Gasteiger partial charge in [-0.25, -0.2) is 0 Å². The van der Waals surface area contributed by atoms with Crippen LogP contribution in [0.1, 0.15) is 18.1 Å². The van der Waals surface area contributed by atoms with E-state index in [2.05, 4.69) is 4.98 Å². The van der Waals surface area contributed by atoms with Crippen molar-refractivity contribution in [3.8, 4) is 5.75 Å². The van der Waals surface area contributed by atoms with Gasteiger partial charge in [0.1, 0.15) is 12.0 Å². The van der Waals surface area contributed by atoms with Gasteiger partial charge in [0.2, 0.25) is 5.91 Å². The molecular weight excluding hydrogens is 488 g/mol. The Hall–Kier alpha value is -3.47. The van der Waals surface area contributed by atoms with E-state index in [-0.39, 0.29) is 23.9 Å². The standard InChI is InChI=1S/C16H20N4O4.C8H9ClO.CH4O/c1-18(2)14(16(22)19(3)7-8-21)9-11-10-17-12-5-4-6-13(15(11)12)20(23)24;1-2-6-3-4-7(9)8(10)5-6;1-2/h4-6,8,10,14,17H,7,9H2,1-3H3;3-5,10H,2H2,1H3;2H,1H3. The number of phenols is 1. The van der Waals surface area contributed by atoms with Crippen molar-refractivity contribution in [2.24, 2.45) is 0 Å². The summed E-state index contributed by atoms with van der Waals surface area (Å²) >= 11 is 5.59. The minimum absolute atomic E-state index is 0.00921. The van der Waals surface area contributed by atoms with Crippen LogP contribution in [0.25, 0.3) is 10.9 Å². The number of non-ortho nitro benzene ring substituents is 1. The van der Waals surface area contributed by atoms with Gasteiger partial charge >= 0.3 is 0 Å². The van der Waals surface area contributed by atoms with Crippen LogP contribution in [0.5, 0.6) is 5.75 Å². The summed E-state index contributed by atoms with van der Waals surface area (Å²) in [6.07, 6.45) is 3.59. The molecule has 1 atom stereocenters. The SMILES string of the molecule is CCc1ccc(Cl)c(O)c1.CN(CC=O)C(=O)C(Cc1c[nH]c2cccc([N+](=O)[O-])c12)N(C)C.CO. The first-order valence-electron chi connectivity index (χ1n) is 11.1. The normalized spacial score (nSPS) is 11.1. The number of nitrogens with zero attached hydrogens (tertiary/aromatic N) is 3. The van der Waals surface area contributed by atoms with E-state index in [9.17, 15) is 19.7 Å². The lowest BCUT2D eigenvalue weighted by molar-refractivity contribution is -0.383. The number of likely N-dealkylation sites (N-methyl/N-ethyl adjacent to an activating group) is 2. The highest BCUT2D eigenvalue weighted by molar-refractivity contribution is 6.32. The molecule has 3 aromatic rings. The van der Waals surface area contributed by atoms with Gasteiger partial charge in [0.25, 0.3) is 5.69 Å². The second-order valence-electron chi connectivity index (χ2n) is 7.98.